The molecule has 0 N–H and O–H groups in total. The van der Waals surface area contributed by atoms with E-state index in [1.54, 1.807) is 0 Å². The van der Waals surface area contributed by atoms with Gasteiger partial charge in [-0.15, -0.1) is 0 Å². The lowest BCUT2D eigenvalue weighted by molar-refractivity contribution is -0.124. The number of thiocarbonyl (C=S) groups is 1. The molecule has 0 bridgehead atoms. The molecule has 1 aliphatic heterocycles. The van der Waals surface area contributed by atoms with Gasteiger partial charge in [-0.05, 0) is 31.9 Å². The molecule has 4 rings (SSSR count). The van der Waals surface area contributed by atoms with Crippen molar-refractivity contribution in [1.82, 2.24) is 4.90 Å². The first-order chi connectivity index (χ1) is 12.6. The predicted octanol–water partition coefficient (Wildman–Crippen LogP) is 5.79. The highest BCUT2D eigenvalue weighted by molar-refractivity contribution is 8.26. The maximum atomic E-state index is 12.8. The maximum absolute atomic E-state index is 12.8. The van der Waals surface area contributed by atoms with Gasteiger partial charge >= 0.3 is 0 Å². The standard InChI is InChI=1S/C21H21NO2S2/c1-14-7-9-15(10-8-14)18-12-11-17(24-18)13-19-20(23)22(21(25)26-19)16-5-3-2-4-6-16/h7-13,16H,2-6H2,1H3. The predicted molar refractivity (Wildman–Crippen MR) is 111 cm³/mol. The van der Waals surface area contributed by atoms with Crippen molar-refractivity contribution in [2.75, 3.05) is 0 Å². The van der Waals surface area contributed by atoms with E-state index in [1.807, 2.05) is 35.2 Å². The highest BCUT2D eigenvalue weighted by Gasteiger charge is 2.37. The number of furan rings is 1. The van der Waals surface area contributed by atoms with Crippen LogP contribution in [0.5, 0.6) is 0 Å². The Kier molecular flexibility index (Phi) is 5.00. The van der Waals surface area contributed by atoms with E-state index in [4.69, 9.17) is 16.6 Å². The van der Waals surface area contributed by atoms with Crippen LogP contribution in [0, 0.1) is 6.92 Å². The number of hydrogen-bond acceptors (Lipinski definition) is 4. The lowest BCUT2D eigenvalue weighted by Crippen LogP contribution is -2.39. The van der Waals surface area contributed by atoms with Crippen molar-refractivity contribution in [3.63, 3.8) is 0 Å². The van der Waals surface area contributed by atoms with Gasteiger partial charge in [-0.2, -0.15) is 0 Å². The van der Waals surface area contributed by atoms with Crippen LogP contribution in [0.15, 0.2) is 45.7 Å². The van der Waals surface area contributed by atoms with E-state index in [1.165, 1.54) is 36.6 Å². The zero-order chi connectivity index (χ0) is 18.1. The monoisotopic (exact) mass is 383 g/mol. The Labute approximate surface area is 163 Å². The number of benzene rings is 1. The number of carbonyl (C=O) groups is 1. The highest BCUT2D eigenvalue weighted by atomic mass is 32.2. The Hall–Kier alpha value is -1.85. The smallest absolute Gasteiger partial charge is 0.266 e. The van der Waals surface area contributed by atoms with Gasteiger partial charge < -0.3 is 4.42 Å². The summed E-state index contributed by atoms with van der Waals surface area (Å²) in [5.41, 5.74) is 2.25. The van der Waals surface area contributed by atoms with E-state index in [-0.39, 0.29) is 11.9 Å². The van der Waals surface area contributed by atoms with E-state index in [9.17, 15) is 4.79 Å². The molecule has 2 aromatic rings. The average Bonchev–Trinajstić information content (AvgIpc) is 3.21. The van der Waals surface area contributed by atoms with Crippen molar-refractivity contribution in [1.29, 1.82) is 0 Å². The number of amides is 1. The molecule has 0 atom stereocenters. The van der Waals surface area contributed by atoms with Gasteiger partial charge in [0, 0.05) is 17.7 Å². The van der Waals surface area contributed by atoms with Crippen molar-refractivity contribution in [3.8, 4) is 11.3 Å². The molecule has 0 radical (unpaired) electrons. The number of aryl methyl sites for hydroxylation is 1. The Balaban J connectivity index is 1.54. The van der Waals surface area contributed by atoms with Crippen molar-refractivity contribution < 1.29 is 9.21 Å². The third-order valence-corrected chi connectivity index (χ3v) is 6.33. The largest absolute Gasteiger partial charge is 0.457 e. The first-order valence-electron chi connectivity index (χ1n) is 9.06. The van der Waals surface area contributed by atoms with Crippen molar-refractivity contribution in [2.45, 2.75) is 45.1 Å². The van der Waals surface area contributed by atoms with Gasteiger partial charge in [0.15, 0.2) is 0 Å². The second kappa shape index (κ2) is 7.41. The van der Waals surface area contributed by atoms with Crippen LogP contribution in [-0.4, -0.2) is 21.2 Å². The van der Waals surface area contributed by atoms with Crippen molar-refractivity contribution in [3.05, 3.63) is 52.6 Å². The molecule has 5 heteroatoms. The van der Waals surface area contributed by atoms with E-state index >= 15 is 0 Å². The minimum atomic E-state index is 0.0279. The zero-order valence-electron chi connectivity index (χ0n) is 14.7. The molecule has 1 aromatic carbocycles. The summed E-state index contributed by atoms with van der Waals surface area (Å²) in [4.78, 5) is 15.3. The summed E-state index contributed by atoms with van der Waals surface area (Å²) < 4.78 is 6.61. The fourth-order valence-corrected chi connectivity index (χ4v) is 4.95. The topological polar surface area (TPSA) is 33.5 Å². The Bertz CT molecular complexity index is 860. The van der Waals surface area contributed by atoms with E-state index in [0.29, 0.717) is 15.0 Å². The van der Waals surface area contributed by atoms with Gasteiger partial charge in [-0.25, -0.2) is 0 Å². The number of nitrogens with zero attached hydrogens (tertiary/aromatic N) is 1. The maximum Gasteiger partial charge on any atom is 0.266 e. The minimum Gasteiger partial charge on any atom is -0.457 e. The Morgan fingerprint density at radius 1 is 1.12 bits per heavy atom. The quantitative estimate of drug-likeness (QED) is 0.496. The lowest BCUT2D eigenvalue weighted by atomic mass is 9.94. The Morgan fingerprint density at radius 2 is 1.85 bits per heavy atom. The molecule has 2 fully saturated rings. The van der Waals surface area contributed by atoms with Gasteiger partial charge in [0.05, 0.1) is 4.91 Å². The molecule has 0 unspecified atom stereocenters. The zero-order valence-corrected chi connectivity index (χ0v) is 16.4. The molecular formula is C21H21NO2S2. The molecular weight excluding hydrogens is 362 g/mol. The molecule has 3 nitrogen and oxygen atoms in total. The number of carbonyl (C=O) groups excluding carboxylic acids is 1. The first kappa shape index (κ1) is 17.6. The summed E-state index contributed by atoms with van der Waals surface area (Å²) in [6.45, 7) is 2.06. The van der Waals surface area contributed by atoms with Crippen molar-refractivity contribution >= 4 is 40.3 Å². The van der Waals surface area contributed by atoms with Crippen LogP contribution in [0.1, 0.15) is 43.4 Å². The summed E-state index contributed by atoms with van der Waals surface area (Å²) in [6.07, 6.45) is 7.54. The third kappa shape index (κ3) is 3.51. The van der Waals surface area contributed by atoms with Crippen LogP contribution in [0.25, 0.3) is 17.4 Å². The second-order valence-corrected chi connectivity index (χ2v) is 8.59. The normalized spacial score (nSPS) is 20.3. The number of hydrogen-bond donors (Lipinski definition) is 0. The van der Waals surface area contributed by atoms with E-state index in [0.717, 1.165) is 24.2 Å². The fourth-order valence-electron chi connectivity index (χ4n) is 3.57. The van der Waals surface area contributed by atoms with E-state index in [2.05, 4.69) is 19.1 Å². The SMILES string of the molecule is Cc1ccc(-c2ccc(C=C3SC(=S)N(C4CCCCC4)C3=O)o2)cc1. The second-order valence-electron chi connectivity index (χ2n) is 6.91. The van der Waals surface area contributed by atoms with Gasteiger partial charge in [0.2, 0.25) is 0 Å². The number of thioether (sulfide) groups is 1. The van der Waals surface area contributed by atoms with Crippen LogP contribution in [0.4, 0.5) is 0 Å². The molecule has 0 spiro atoms. The average molecular weight is 384 g/mol. The first-order valence-corrected chi connectivity index (χ1v) is 10.3. The van der Waals surface area contributed by atoms with Crippen LogP contribution < -0.4 is 0 Å². The summed E-state index contributed by atoms with van der Waals surface area (Å²) in [5.74, 6) is 1.52. The van der Waals surface area contributed by atoms with Crippen LogP contribution in [-0.2, 0) is 4.79 Å². The third-order valence-electron chi connectivity index (χ3n) is 5.00. The highest BCUT2D eigenvalue weighted by Crippen LogP contribution is 2.37. The number of rotatable bonds is 3. The fraction of sp³-hybridized carbons (Fsp3) is 0.333. The lowest BCUT2D eigenvalue weighted by Gasteiger charge is -2.29. The van der Waals surface area contributed by atoms with Gasteiger partial charge in [-0.3, -0.25) is 9.69 Å². The molecule has 1 amide bonds. The molecule has 26 heavy (non-hydrogen) atoms. The van der Waals surface area contributed by atoms with Crippen molar-refractivity contribution in [2.24, 2.45) is 0 Å². The molecule has 1 aromatic heterocycles. The van der Waals surface area contributed by atoms with Crippen LogP contribution >= 0.6 is 24.0 Å². The molecule has 1 aliphatic carbocycles. The minimum absolute atomic E-state index is 0.0279. The summed E-state index contributed by atoms with van der Waals surface area (Å²) in [7, 11) is 0. The summed E-state index contributed by atoms with van der Waals surface area (Å²) in [6, 6.07) is 12.3. The molecule has 2 aliphatic rings. The Morgan fingerprint density at radius 3 is 2.58 bits per heavy atom. The molecule has 1 saturated carbocycles. The van der Waals surface area contributed by atoms with Gasteiger partial charge in [0.1, 0.15) is 15.8 Å². The van der Waals surface area contributed by atoms with Crippen LogP contribution in [0.3, 0.4) is 0 Å². The molecule has 134 valence electrons. The molecule has 1 saturated heterocycles. The van der Waals surface area contributed by atoms with E-state index < -0.39 is 0 Å². The summed E-state index contributed by atoms with van der Waals surface area (Å²) >= 11 is 6.87. The van der Waals surface area contributed by atoms with Crippen LogP contribution in [0.2, 0.25) is 0 Å². The summed E-state index contributed by atoms with van der Waals surface area (Å²) in [5, 5.41) is 0. The van der Waals surface area contributed by atoms with Gasteiger partial charge in [-0.1, -0.05) is 73.1 Å². The van der Waals surface area contributed by atoms with Gasteiger partial charge in [0.25, 0.3) is 5.91 Å². The molecule has 2 heterocycles.